The van der Waals surface area contributed by atoms with Crippen molar-refractivity contribution in [2.45, 2.75) is 69.3 Å². The monoisotopic (exact) mass is 797 g/mol. The third kappa shape index (κ3) is 9.73. The summed E-state index contributed by atoms with van der Waals surface area (Å²) in [6.45, 7) is 6.80. The van der Waals surface area contributed by atoms with Crippen LogP contribution in [0.3, 0.4) is 0 Å². The van der Waals surface area contributed by atoms with Crippen molar-refractivity contribution < 1.29 is 27.8 Å². The zero-order chi connectivity index (χ0) is 40.8. The van der Waals surface area contributed by atoms with Gasteiger partial charge in [-0.15, -0.1) is 0 Å². The Kier molecular flexibility index (Phi) is 12.8. The van der Waals surface area contributed by atoms with Gasteiger partial charge in [-0.1, -0.05) is 128 Å². The molecule has 0 saturated carbocycles. The van der Waals surface area contributed by atoms with Crippen LogP contribution in [-0.2, 0) is 37.3 Å². The zero-order valence-corrected chi connectivity index (χ0v) is 34.1. The quantitative estimate of drug-likeness (QED) is 0.101. The average Bonchev–Trinajstić information content (AvgIpc) is 3.24. The summed E-state index contributed by atoms with van der Waals surface area (Å²) in [5, 5.41) is 15.1. The molecule has 58 heavy (non-hydrogen) atoms. The number of aliphatic hydroxyl groups excluding tert-OH is 1. The summed E-state index contributed by atoms with van der Waals surface area (Å²) < 4.78 is 43.2. The third-order valence-electron chi connectivity index (χ3n) is 11.2. The maximum absolute atomic E-state index is 14.0. The first kappa shape index (κ1) is 41.0. The van der Waals surface area contributed by atoms with Crippen LogP contribution < -0.4 is 10.0 Å². The number of aryl methyl sites for hydroxylation is 1. The van der Waals surface area contributed by atoms with Gasteiger partial charge >= 0.3 is 0 Å². The molecular formula is C48H51N3O6S. The van der Waals surface area contributed by atoms with E-state index in [-0.39, 0.29) is 42.1 Å². The molecule has 6 aromatic carbocycles. The molecule has 7 rings (SSSR count). The van der Waals surface area contributed by atoms with Gasteiger partial charge in [-0.25, -0.2) is 8.42 Å². The highest BCUT2D eigenvalue weighted by Crippen LogP contribution is 2.42. The largest absolute Gasteiger partial charge is 0.392 e. The number of anilines is 1. The van der Waals surface area contributed by atoms with Crippen molar-refractivity contribution in [3.8, 4) is 0 Å². The minimum absolute atomic E-state index is 0.0364. The van der Waals surface area contributed by atoms with Gasteiger partial charge in [0.1, 0.15) is 6.04 Å². The lowest BCUT2D eigenvalue weighted by Gasteiger charge is -2.43. The van der Waals surface area contributed by atoms with Crippen LogP contribution in [-0.4, -0.2) is 50.1 Å². The third-order valence-corrected chi connectivity index (χ3v) is 12.7. The van der Waals surface area contributed by atoms with E-state index in [1.165, 1.54) is 28.5 Å². The number of nitrogens with one attached hydrogen (secondary N) is 2. The van der Waals surface area contributed by atoms with E-state index >= 15 is 0 Å². The lowest BCUT2D eigenvalue weighted by molar-refractivity contribution is -0.276. The standard InChI is InChI=1S/C48H51N3O6S/c1-32-17-25-43(26-18-32)58(54,55)50-44(27-35-11-6-5-7-12-35)47(53)49-42-16-10-15-41(29-42)48-56-45(33(2)46(57-48)38-21-19-36(31-52)20-22-38)30-51(4)34(3)39-24-23-37-13-8-9-14-40(37)28-39/h5-26,28-29,33-34,44-46,48,50,52H,27,30-31H2,1-4H3,(H,49,53)/t33-,34+,44+,45+,46+,48+/m0/s1. The molecule has 10 heteroatoms. The maximum Gasteiger partial charge on any atom is 0.242 e. The average molecular weight is 798 g/mol. The minimum atomic E-state index is -4.02. The van der Waals surface area contributed by atoms with Gasteiger partial charge in [0.25, 0.3) is 0 Å². The van der Waals surface area contributed by atoms with E-state index < -0.39 is 28.3 Å². The number of benzene rings is 6. The van der Waals surface area contributed by atoms with Crippen molar-refractivity contribution in [3.05, 3.63) is 179 Å². The number of rotatable bonds is 14. The van der Waals surface area contributed by atoms with Gasteiger partial charge in [-0.3, -0.25) is 9.69 Å². The van der Waals surface area contributed by atoms with Gasteiger partial charge in [-0.2, -0.15) is 4.72 Å². The first-order chi connectivity index (χ1) is 28.0. The van der Waals surface area contributed by atoms with Gasteiger partial charge in [0.15, 0.2) is 6.29 Å². The molecule has 0 radical (unpaired) electrons. The summed E-state index contributed by atoms with van der Waals surface area (Å²) >= 11 is 0. The van der Waals surface area contributed by atoms with Crippen molar-refractivity contribution in [1.82, 2.24) is 9.62 Å². The Hall–Kier alpha value is -5.20. The summed E-state index contributed by atoms with van der Waals surface area (Å²) in [4.78, 5) is 16.4. The molecule has 0 unspecified atom stereocenters. The SMILES string of the molecule is Cc1ccc(S(=O)(=O)N[C@H](Cc2ccccc2)C(=O)Nc2cccc([C@@H]3O[C@H](CN(C)[C@H](C)c4ccc5ccccc5c4)[C@H](C)[C@H](c4ccc(CO)cc4)O3)c2)cc1. The molecule has 6 aromatic rings. The van der Waals surface area contributed by atoms with Gasteiger partial charge < -0.3 is 19.9 Å². The van der Waals surface area contributed by atoms with Gasteiger partial charge in [-0.05, 0) is 90.7 Å². The fourth-order valence-corrected chi connectivity index (χ4v) is 8.69. The van der Waals surface area contributed by atoms with E-state index in [9.17, 15) is 18.3 Å². The van der Waals surface area contributed by atoms with E-state index in [0.29, 0.717) is 17.8 Å². The Balaban J connectivity index is 1.13. The number of sulfonamides is 1. The minimum Gasteiger partial charge on any atom is -0.392 e. The van der Waals surface area contributed by atoms with E-state index in [2.05, 4.69) is 78.3 Å². The second kappa shape index (κ2) is 18.2. The summed E-state index contributed by atoms with van der Waals surface area (Å²) in [6, 6.07) is 44.9. The summed E-state index contributed by atoms with van der Waals surface area (Å²) in [5.74, 6) is -0.537. The molecule has 0 bridgehead atoms. The zero-order valence-electron chi connectivity index (χ0n) is 33.3. The fourth-order valence-electron chi connectivity index (χ4n) is 7.50. The highest BCUT2D eigenvalue weighted by atomic mass is 32.2. The molecule has 0 aliphatic carbocycles. The Bertz CT molecular complexity index is 2430. The lowest BCUT2D eigenvalue weighted by Crippen LogP contribution is -2.45. The summed E-state index contributed by atoms with van der Waals surface area (Å²) in [7, 11) is -1.91. The van der Waals surface area contributed by atoms with Crippen LogP contribution in [0.2, 0.25) is 0 Å². The molecule has 9 nitrogen and oxygen atoms in total. The first-order valence-corrected chi connectivity index (χ1v) is 21.2. The maximum atomic E-state index is 14.0. The topological polar surface area (TPSA) is 117 Å². The first-order valence-electron chi connectivity index (χ1n) is 19.7. The van der Waals surface area contributed by atoms with Crippen molar-refractivity contribution in [2.75, 3.05) is 18.9 Å². The molecule has 1 aliphatic heterocycles. The summed E-state index contributed by atoms with van der Waals surface area (Å²) in [6.07, 6.45) is -1.19. The number of hydrogen-bond acceptors (Lipinski definition) is 7. The van der Waals surface area contributed by atoms with E-state index in [1.54, 1.807) is 18.2 Å². The predicted molar refractivity (Wildman–Crippen MR) is 228 cm³/mol. The molecular weight excluding hydrogens is 747 g/mol. The number of nitrogens with zero attached hydrogens (tertiary/aromatic N) is 1. The molecule has 300 valence electrons. The fraction of sp³-hybridized carbons (Fsp3) is 0.271. The molecule has 1 saturated heterocycles. The van der Waals surface area contributed by atoms with Crippen LogP contribution in [0, 0.1) is 12.8 Å². The second-order valence-corrected chi connectivity index (χ2v) is 17.0. The molecule has 1 heterocycles. The second-order valence-electron chi connectivity index (χ2n) is 15.3. The highest BCUT2D eigenvalue weighted by Gasteiger charge is 2.39. The van der Waals surface area contributed by atoms with Crippen molar-refractivity contribution in [1.29, 1.82) is 0 Å². The van der Waals surface area contributed by atoms with Crippen molar-refractivity contribution in [3.63, 3.8) is 0 Å². The number of amides is 1. The molecule has 0 aromatic heterocycles. The number of ether oxygens (including phenoxy) is 2. The number of hydrogen-bond donors (Lipinski definition) is 3. The molecule has 0 spiro atoms. The Morgan fingerprint density at radius 2 is 1.48 bits per heavy atom. The number of carbonyl (C=O) groups is 1. The van der Waals surface area contributed by atoms with Crippen LogP contribution in [0.1, 0.15) is 65.7 Å². The lowest BCUT2D eigenvalue weighted by atomic mass is 9.89. The van der Waals surface area contributed by atoms with Crippen LogP contribution >= 0.6 is 0 Å². The number of carbonyl (C=O) groups excluding carboxylic acids is 1. The smallest absolute Gasteiger partial charge is 0.242 e. The Morgan fingerprint density at radius 1 is 0.776 bits per heavy atom. The van der Waals surface area contributed by atoms with Crippen LogP contribution in [0.25, 0.3) is 10.8 Å². The van der Waals surface area contributed by atoms with Crippen LogP contribution in [0.15, 0.2) is 150 Å². The Labute approximate surface area is 341 Å². The summed E-state index contributed by atoms with van der Waals surface area (Å²) in [5.41, 5.74) is 5.92. The molecule has 1 amide bonds. The van der Waals surface area contributed by atoms with E-state index in [4.69, 9.17) is 9.47 Å². The molecule has 6 atom stereocenters. The van der Waals surface area contributed by atoms with E-state index in [1.807, 2.05) is 79.7 Å². The van der Waals surface area contributed by atoms with E-state index in [0.717, 1.165) is 22.3 Å². The highest BCUT2D eigenvalue weighted by molar-refractivity contribution is 7.89. The number of fused-ring (bicyclic) bond motifs is 1. The number of likely N-dealkylation sites (N-methyl/N-ethyl adjacent to an activating group) is 1. The molecule has 1 fully saturated rings. The van der Waals surface area contributed by atoms with Gasteiger partial charge in [0, 0.05) is 29.8 Å². The molecule has 1 aliphatic rings. The normalized spacial score (nSPS) is 19.5. The Morgan fingerprint density at radius 3 is 2.21 bits per heavy atom. The molecule has 3 N–H and O–H groups in total. The van der Waals surface area contributed by atoms with Crippen molar-refractivity contribution in [2.24, 2.45) is 5.92 Å². The van der Waals surface area contributed by atoms with Crippen molar-refractivity contribution >= 4 is 32.4 Å². The van der Waals surface area contributed by atoms with Crippen LogP contribution in [0.4, 0.5) is 5.69 Å². The predicted octanol–water partition coefficient (Wildman–Crippen LogP) is 8.65. The van der Waals surface area contributed by atoms with Gasteiger partial charge in [0.2, 0.25) is 15.9 Å². The van der Waals surface area contributed by atoms with Crippen LogP contribution in [0.5, 0.6) is 0 Å². The van der Waals surface area contributed by atoms with Gasteiger partial charge in [0.05, 0.1) is 23.7 Å². The number of aliphatic hydroxyl groups is 1.